The summed E-state index contributed by atoms with van der Waals surface area (Å²) in [6.07, 6.45) is 0.0969. The van der Waals surface area contributed by atoms with E-state index in [0.717, 1.165) is 12.1 Å². The van der Waals surface area contributed by atoms with Crippen LogP contribution in [0, 0.1) is 5.41 Å². The van der Waals surface area contributed by atoms with Gasteiger partial charge in [-0.3, -0.25) is 0 Å². The van der Waals surface area contributed by atoms with Crippen LogP contribution in [0.2, 0.25) is 0 Å². The fourth-order valence-corrected chi connectivity index (χ4v) is 1.69. The molecule has 0 fully saturated rings. The molecule has 118 valence electrons. The lowest BCUT2D eigenvalue weighted by molar-refractivity contribution is -0.137. The minimum Gasteiger partial charge on any atom is -0.439 e. The molecule has 0 unspecified atom stereocenters. The molecule has 1 aromatic heterocycles. The van der Waals surface area contributed by atoms with Gasteiger partial charge in [-0.2, -0.15) is 23.0 Å². The van der Waals surface area contributed by atoms with Gasteiger partial charge in [-0.05, 0) is 29.7 Å². The summed E-state index contributed by atoms with van der Waals surface area (Å²) in [6, 6.07) is 4.71. The van der Waals surface area contributed by atoms with Crippen molar-refractivity contribution in [3.63, 3.8) is 0 Å². The first-order valence-corrected chi connectivity index (χ1v) is 6.58. The lowest BCUT2D eigenvalue weighted by atomic mass is 9.97. The lowest BCUT2D eigenvalue weighted by Crippen LogP contribution is -2.11. The molecular formula is C15H16F3N3O. The van der Waals surface area contributed by atoms with E-state index < -0.39 is 11.7 Å². The number of nitrogens with zero attached hydrogens (tertiary/aromatic N) is 3. The van der Waals surface area contributed by atoms with Gasteiger partial charge in [0, 0.05) is 0 Å². The Bertz CT molecular complexity index is 655. The molecule has 0 aliphatic heterocycles. The molecule has 1 aromatic carbocycles. The molecule has 0 saturated heterocycles. The minimum atomic E-state index is -4.42. The normalized spacial score (nSPS) is 13.3. The summed E-state index contributed by atoms with van der Waals surface area (Å²) in [5.74, 6) is 0.380. The number of benzene rings is 1. The van der Waals surface area contributed by atoms with Crippen LogP contribution < -0.4 is 4.74 Å². The first-order valence-electron chi connectivity index (χ1n) is 6.58. The number of allylic oxidation sites excluding steroid dienone is 1. The standard InChI is InChI=1S/C15H16F3N3O/c1-14(2,3)8-13(21-10-19-9-20-21)22-12-6-4-5-11(7-12)15(16,17)18/h4-10H,1-3H3/b13-8+. The largest absolute Gasteiger partial charge is 0.439 e. The van der Waals surface area contributed by atoms with Crippen molar-refractivity contribution < 1.29 is 17.9 Å². The van der Waals surface area contributed by atoms with Gasteiger partial charge in [0.2, 0.25) is 5.88 Å². The van der Waals surface area contributed by atoms with Gasteiger partial charge in [-0.15, -0.1) is 0 Å². The molecule has 0 aliphatic rings. The van der Waals surface area contributed by atoms with Crippen LogP contribution in [0.3, 0.4) is 0 Å². The smallest absolute Gasteiger partial charge is 0.416 e. The molecule has 7 heteroatoms. The van der Waals surface area contributed by atoms with E-state index in [1.54, 1.807) is 6.08 Å². The van der Waals surface area contributed by atoms with Crippen molar-refractivity contribution in [3.05, 3.63) is 48.6 Å². The minimum absolute atomic E-state index is 0.0841. The van der Waals surface area contributed by atoms with Crippen LogP contribution in [0.25, 0.3) is 5.88 Å². The molecule has 2 rings (SSSR count). The second-order valence-electron chi connectivity index (χ2n) is 5.82. The Morgan fingerprint density at radius 1 is 1.23 bits per heavy atom. The zero-order valence-electron chi connectivity index (χ0n) is 12.4. The van der Waals surface area contributed by atoms with Crippen molar-refractivity contribution in [1.29, 1.82) is 0 Å². The van der Waals surface area contributed by atoms with Crippen molar-refractivity contribution in [2.45, 2.75) is 26.9 Å². The van der Waals surface area contributed by atoms with Crippen molar-refractivity contribution >= 4 is 5.88 Å². The maximum absolute atomic E-state index is 12.8. The molecule has 1 heterocycles. The predicted octanol–water partition coefficient (Wildman–Crippen LogP) is 4.22. The molecular weight excluding hydrogens is 295 g/mol. The van der Waals surface area contributed by atoms with Crippen molar-refractivity contribution in [2.75, 3.05) is 0 Å². The summed E-state index contributed by atoms with van der Waals surface area (Å²) in [4.78, 5) is 3.82. The van der Waals surface area contributed by atoms with Crippen LogP contribution in [0.5, 0.6) is 5.75 Å². The maximum Gasteiger partial charge on any atom is 0.416 e. The highest BCUT2D eigenvalue weighted by molar-refractivity contribution is 5.43. The Hall–Kier alpha value is -2.31. The Kier molecular flexibility index (Phi) is 4.25. The van der Waals surface area contributed by atoms with E-state index in [1.807, 2.05) is 20.8 Å². The average Bonchev–Trinajstić information content (AvgIpc) is 2.89. The number of hydrogen-bond acceptors (Lipinski definition) is 3. The molecule has 0 radical (unpaired) electrons. The third-order valence-electron chi connectivity index (χ3n) is 2.58. The van der Waals surface area contributed by atoms with E-state index in [4.69, 9.17) is 4.74 Å². The molecule has 0 spiro atoms. The van der Waals surface area contributed by atoms with Crippen LogP contribution in [0.15, 0.2) is 43.0 Å². The third kappa shape index (κ3) is 4.34. The highest BCUT2D eigenvalue weighted by Crippen LogP contribution is 2.32. The first kappa shape index (κ1) is 16.1. The molecule has 0 bridgehead atoms. The van der Waals surface area contributed by atoms with Crippen LogP contribution in [-0.4, -0.2) is 14.8 Å². The van der Waals surface area contributed by atoms with Crippen LogP contribution >= 0.6 is 0 Å². The van der Waals surface area contributed by atoms with E-state index in [-0.39, 0.29) is 11.2 Å². The van der Waals surface area contributed by atoms with E-state index in [9.17, 15) is 13.2 Å². The van der Waals surface area contributed by atoms with E-state index in [1.165, 1.54) is 29.5 Å². The highest BCUT2D eigenvalue weighted by atomic mass is 19.4. The fraction of sp³-hybridized carbons (Fsp3) is 0.333. The van der Waals surface area contributed by atoms with Gasteiger partial charge in [-0.25, -0.2) is 4.98 Å². The average molecular weight is 311 g/mol. The fourth-order valence-electron chi connectivity index (χ4n) is 1.69. The number of rotatable bonds is 3. The molecule has 4 nitrogen and oxygen atoms in total. The van der Waals surface area contributed by atoms with Gasteiger partial charge >= 0.3 is 6.18 Å². The Morgan fingerprint density at radius 3 is 2.50 bits per heavy atom. The van der Waals surface area contributed by atoms with Crippen molar-refractivity contribution in [1.82, 2.24) is 14.8 Å². The van der Waals surface area contributed by atoms with Gasteiger partial charge in [0.25, 0.3) is 0 Å². The topological polar surface area (TPSA) is 39.9 Å². The number of hydrogen-bond donors (Lipinski definition) is 0. The van der Waals surface area contributed by atoms with Crippen LogP contribution in [0.4, 0.5) is 13.2 Å². The van der Waals surface area contributed by atoms with E-state index >= 15 is 0 Å². The maximum atomic E-state index is 12.8. The molecule has 0 aliphatic carbocycles. The van der Waals surface area contributed by atoms with Gasteiger partial charge in [0.1, 0.15) is 18.4 Å². The molecule has 0 N–H and O–H groups in total. The summed E-state index contributed by atoms with van der Waals surface area (Å²) in [5.41, 5.74) is -1.01. The summed E-state index contributed by atoms with van der Waals surface area (Å²) in [6.45, 7) is 5.83. The highest BCUT2D eigenvalue weighted by Gasteiger charge is 2.30. The van der Waals surface area contributed by atoms with Crippen molar-refractivity contribution in [2.24, 2.45) is 5.41 Å². The quantitative estimate of drug-likeness (QED) is 0.797. The predicted molar refractivity (Wildman–Crippen MR) is 75.8 cm³/mol. The monoisotopic (exact) mass is 311 g/mol. The van der Waals surface area contributed by atoms with Gasteiger partial charge in [0.05, 0.1) is 5.56 Å². The third-order valence-corrected chi connectivity index (χ3v) is 2.58. The molecule has 0 amide bonds. The Labute approximate surface area is 126 Å². The summed E-state index contributed by atoms with van der Waals surface area (Å²) in [7, 11) is 0. The summed E-state index contributed by atoms with van der Waals surface area (Å²) in [5, 5.41) is 3.96. The van der Waals surface area contributed by atoms with E-state index in [0.29, 0.717) is 5.88 Å². The number of ether oxygens (including phenoxy) is 1. The Morgan fingerprint density at radius 2 is 1.95 bits per heavy atom. The lowest BCUT2D eigenvalue weighted by Gasteiger charge is -2.17. The van der Waals surface area contributed by atoms with Crippen LogP contribution in [-0.2, 0) is 6.18 Å². The number of halogens is 3. The molecule has 22 heavy (non-hydrogen) atoms. The Balaban J connectivity index is 2.35. The van der Waals surface area contributed by atoms with Gasteiger partial charge in [0.15, 0.2) is 0 Å². The van der Waals surface area contributed by atoms with Gasteiger partial charge < -0.3 is 4.74 Å². The first-order chi connectivity index (χ1) is 10.1. The SMILES string of the molecule is CC(C)(C)/C=C(/Oc1cccc(C(F)(F)F)c1)n1cncn1. The summed E-state index contributed by atoms with van der Waals surface area (Å²) < 4.78 is 45.2. The van der Waals surface area contributed by atoms with Crippen LogP contribution in [0.1, 0.15) is 26.3 Å². The molecule has 0 atom stereocenters. The summed E-state index contributed by atoms with van der Waals surface area (Å²) >= 11 is 0. The number of aromatic nitrogens is 3. The van der Waals surface area contributed by atoms with Crippen molar-refractivity contribution in [3.8, 4) is 5.75 Å². The second-order valence-corrected chi connectivity index (χ2v) is 5.82. The molecule has 0 saturated carbocycles. The zero-order valence-corrected chi connectivity index (χ0v) is 12.4. The molecule has 2 aromatic rings. The van der Waals surface area contributed by atoms with E-state index in [2.05, 4.69) is 10.1 Å². The number of alkyl halides is 3. The second kappa shape index (κ2) is 5.82. The van der Waals surface area contributed by atoms with Gasteiger partial charge in [-0.1, -0.05) is 26.8 Å². The zero-order chi connectivity index (χ0) is 16.4.